The van der Waals surface area contributed by atoms with Crippen molar-refractivity contribution in [2.24, 2.45) is 0 Å². The van der Waals surface area contributed by atoms with Gasteiger partial charge in [0.15, 0.2) is 0 Å². The lowest BCUT2D eigenvalue weighted by Crippen LogP contribution is -2.49. The molecule has 0 aromatic carbocycles. The van der Waals surface area contributed by atoms with Crippen molar-refractivity contribution in [2.45, 2.75) is 13.0 Å². The first-order valence-electron chi connectivity index (χ1n) is 2.79. The van der Waals surface area contributed by atoms with Gasteiger partial charge in [0.2, 0.25) is 0 Å². The first-order valence-corrected chi connectivity index (χ1v) is 3.20. The van der Waals surface area contributed by atoms with Crippen molar-refractivity contribution in [2.75, 3.05) is 13.1 Å². The van der Waals surface area contributed by atoms with Gasteiger partial charge in [-0.3, -0.25) is 0 Å². The molecule has 0 radical (unpaired) electrons. The van der Waals surface area contributed by atoms with Crippen LogP contribution in [0.25, 0.3) is 0 Å². The second kappa shape index (κ2) is 2.42. The Morgan fingerprint density at radius 2 is 2.50 bits per heavy atom. The third-order valence-corrected chi connectivity index (χ3v) is 1.41. The Morgan fingerprint density at radius 3 is 2.88 bits per heavy atom. The van der Waals surface area contributed by atoms with E-state index in [0.717, 1.165) is 18.1 Å². The van der Waals surface area contributed by atoms with Crippen molar-refractivity contribution in [3.63, 3.8) is 0 Å². The smallest absolute Gasteiger partial charge is 0.0896 e. The topological polar surface area (TPSA) is 24.1 Å². The van der Waals surface area contributed by atoms with Crippen molar-refractivity contribution in [1.29, 1.82) is 0 Å². The zero-order valence-corrected chi connectivity index (χ0v) is 5.72. The monoisotopic (exact) mass is 130 g/mol. The minimum absolute atomic E-state index is 0.510. The Labute approximate surface area is 54.7 Å². The van der Waals surface area contributed by atoms with E-state index in [1.54, 1.807) is 0 Å². The summed E-state index contributed by atoms with van der Waals surface area (Å²) in [6, 6.07) is 0.510. The van der Waals surface area contributed by atoms with E-state index in [9.17, 15) is 0 Å². The van der Waals surface area contributed by atoms with E-state index in [1.165, 1.54) is 0 Å². The second-order valence-corrected chi connectivity index (χ2v) is 2.59. The summed E-state index contributed by atoms with van der Waals surface area (Å²) >= 11 is 4.91. The van der Waals surface area contributed by atoms with Gasteiger partial charge in [-0.15, -0.1) is 0 Å². The average molecular weight is 130 g/mol. The van der Waals surface area contributed by atoms with Gasteiger partial charge < -0.3 is 10.6 Å². The fourth-order valence-corrected chi connectivity index (χ4v) is 1.08. The van der Waals surface area contributed by atoms with Crippen LogP contribution >= 0.6 is 12.2 Å². The van der Waals surface area contributed by atoms with E-state index in [4.69, 9.17) is 12.2 Å². The number of piperazine rings is 1. The Kier molecular flexibility index (Phi) is 1.81. The van der Waals surface area contributed by atoms with Crippen LogP contribution in [0.4, 0.5) is 0 Å². The Hall–Kier alpha value is -0.150. The van der Waals surface area contributed by atoms with Crippen LogP contribution in [0.5, 0.6) is 0 Å². The molecule has 8 heavy (non-hydrogen) atoms. The summed E-state index contributed by atoms with van der Waals surface area (Å²) in [4.78, 5) is 0.934. The molecule has 0 aromatic rings. The van der Waals surface area contributed by atoms with Gasteiger partial charge in [0.1, 0.15) is 0 Å². The maximum atomic E-state index is 4.91. The van der Waals surface area contributed by atoms with Crippen molar-refractivity contribution in [3.05, 3.63) is 0 Å². The molecule has 46 valence electrons. The van der Waals surface area contributed by atoms with Crippen molar-refractivity contribution >= 4 is 17.2 Å². The van der Waals surface area contributed by atoms with Crippen LogP contribution < -0.4 is 10.6 Å². The van der Waals surface area contributed by atoms with Crippen molar-refractivity contribution in [1.82, 2.24) is 10.6 Å². The maximum Gasteiger partial charge on any atom is 0.0896 e. The normalized spacial score (nSPS) is 29.6. The van der Waals surface area contributed by atoms with Crippen LogP contribution in [0.15, 0.2) is 0 Å². The molecule has 0 amide bonds. The SMILES string of the molecule is CC1CNCC(=S)N1. The van der Waals surface area contributed by atoms with Gasteiger partial charge >= 0.3 is 0 Å². The zero-order chi connectivity index (χ0) is 5.98. The first-order chi connectivity index (χ1) is 3.79. The van der Waals surface area contributed by atoms with Gasteiger partial charge in [-0.05, 0) is 6.92 Å². The molecule has 1 fully saturated rings. The minimum atomic E-state index is 0.510. The third-order valence-electron chi connectivity index (χ3n) is 1.14. The minimum Gasteiger partial charge on any atom is -0.375 e. The van der Waals surface area contributed by atoms with Crippen molar-refractivity contribution < 1.29 is 0 Å². The molecule has 0 aliphatic carbocycles. The molecular weight excluding hydrogens is 120 g/mol. The molecule has 3 heteroatoms. The number of nitrogens with one attached hydrogen (secondary N) is 2. The summed E-state index contributed by atoms with van der Waals surface area (Å²) in [7, 11) is 0. The molecule has 2 N–H and O–H groups in total. The fraction of sp³-hybridized carbons (Fsp3) is 0.800. The molecule has 1 saturated heterocycles. The van der Waals surface area contributed by atoms with E-state index in [1.807, 2.05) is 0 Å². The van der Waals surface area contributed by atoms with E-state index in [0.29, 0.717) is 6.04 Å². The van der Waals surface area contributed by atoms with Gasteiger partial charge in [-0.1, -0.05) is 12.2 Å². The van der Waals surface area contributed by atoms with E-state index >= 15 is 0 Å². The predicted octanol–water partition coefficient (Wildman–Crippen LogP) is -0.105. The number of thiocarbonyl (C=S) groups is 1. The lowest BCUT2D eigenvalue weighted by atomic mass is 10.3. The second-order valence-electron chi connectivity index (χ2n) is 2.10. The molecule has 1 atom stereocenters. The summed E-state index contributed by atoms with van der Waals surface area (Å²) < 4.78 is 0. The highest BCUT2D eigenvalue weighted by atomic mass is 32.1. The van der Waals surface area contributed by atoms with E-state index in [2.05, 4.69) is 17.6 Å². The molecular formula is C5H10N2S. The molecule has 0 spiro atoms. The largest absolute Gasteiger partial charge is 0.375 e. The molecule has 1 unspecified atom stereocenters. The molecule has 0 saturated carbocycles. The molecule has 2 nitrogen and oxygen atoms in total. The molecule has 1 heterocycles. The van der Waals surface area contributed by atoms with Crippen LogP contribution in [0, 0.1) is 0 Å². The van der Waals surface area contributed by atoms with Crippen LogP contribution in [-0.2, 0) is 0 Å². The van der Waals surface area contributed by atoms with Gasteiger partial charge in [0.25, 0.3) is 0 Å². The van der Waals surface area contributed by atoms with E-state index < -0.39 is 0 Å². The summed E-state index contributed by atoms with van der Waals surface area (Å²) in [5.74, 6) is 0. The Balaban J connectivity index is 2.34. The lowest BCUT2D eigenvalue weighted by Gasteiger charge is -2.22. The highest BCUT2D eigenvalue weighted by Gasteiger charge is 2.08. The molecule has 0 aromatic heterocycles. The number of hydrogen-bond acceptors (Lipinski definition) is 2. The number of rotatable bonds is 0. The molecule has 1 rings (SSSR count). The standard InChI is InChI=1S/C5H10N2S/c1-4-2-6-3-5(8)7-4/h4,6H,2-3H2,1H3,(H,7,8). The van der Waals surface area contributed by atoms with Crippen LogP contribution in [0.1, 0.15) is 6.92 Å². The van der Waals surface area contributed by atoms with Crippen molar-refractivity contribution in [3.8, 4) is 0 Å². The van der Waals surface area contributed by atoms with Gasteiger partial charge in [-0.25, -0.2) is 0 Å². The highest BCUT2D eigenvalue weighted by molar-refractivity contribution is 7.80. The van der Waals surface area contributed by atoms with Crippen LogP contribution in [-0.4, -0.2) is 24.1 Å². The highest BCUT2D eigenvalue weighted by Crippen LogP contribution is 1.85. The van der Waals surface area contributed by atoms with Gasteiger partial charge in [-0.2, -0.15) is 0 Å². The maximum absolute atomic E-state index is 4.91. The quantitative estimate of drug-likeness (QED) is 0.448. The molecule has 0 bridgehead atoms. The summed E-state index contributed by atoms with van der Waals surface area (Å²) in [5.41, 5.74) is 0. The summed E-state index contributed by atoms with van der Waals surface area (Å²) in [6.45, 7) is 3.98. The molecule has 1 aliphatic heterocycles. The van der Waals surface area contributed by atoms with Gasteiger partial charge in [0, 0.05) is 19.1 Å². The Morgan fingerprint density at radius 1 is 1.75 bits per heavy atom. The van der Waals surface area contributed by atoms with Crippen LogP contribution in [0.2, 0.25) is 0 Å². The fourth-order valence-electron chi connectivity index (χ4n) is 0.779. The van der Waals surface area contributed by atoms with Gasteiger partial charge in [0.05, 0.1) is 4.99 Å². The number of hydrogen-bond donors (Lipinski definition) is 2. The summed E-state index contributed by atoms with van der Waals surface area (Å²) in [5, 5.41) is 6.33. The first kappa shape index (κ1) is 5.98. The zero-order valence-electron chi connectivity index (χ0n) is 4.90. The summed E-state index contributed by atoms with van der Waals surface area (Å²) in [6.07, 6.45) is 0. The lowest BCUT2D eigenvalue weighted by molar-refractivity contribution is 0.562. The molecule has 1 aliphatic rings. The predicted molar refractivity (Wildman–Crippen MR) is 38.1 cm³/mol. The van der Waals surface area contributed by atoms with Crippen LogP contribution in [0.3, 0.4) is 0 Å². The third kappa shape index (κ3) is 1.42. The Bertz CT molecular complexity index is 103. The van der Waals surface area contributed by atoms with E-state index in [-0.39, 0.29) is 0 Å². The average Bonchev–Trinajstić information content (AvgIpc) is 1.64.